The second-order valence-electron chi connectivity index (χ2n) is 9.41. The molecule has 1 aliphatic rings. The van der Waals surface area contributed by atoms with Crippen LogP contribution in [0.3, 0.4) is 0 Å². The van der Waals surface area contributed by atoms with Crippen LogP contribution in [0, 0.1) is 5.92 Å². The average molecular weight is 490 g/mol. The molecule has 5 rings (SSSR count). The Morgan fingerprint density at radius 2 is 1.66 bits per heavy atom. The van der Waals surface area contributed by atoms with Crippen molar-refractivity contribution >= 4 is 23.2 Å². The fourth-order valence-electron chi connectivity index (χ4n) is 5.04. The van der Waals surface area contributed by atoms with Gasteiger partial charge in [0.05, 0.1) is 6.61 Å². The smallest absolute Gasteiger partial charge is 0.123 e. The van der Waals surface area contributed by atoms with Gasteiger partial charge in [-0.05, 0) is 90.8 Å². The number of hydrogen-bond donors (Lipinski definition) is 2. The van der Waals surface area contributed by atoms with E-state index < -0.39 is 0 Å². The predicted octanol–water partition coefficient (Wildman–Crippen LogP) is 6.65. The summed E-state index contributed by atoms with van der Waals surface area (Å²) in [6, 6.07) is 25.4. The van der Waals surface area contributed by atoms with Crippen LogP contribution in [-0.4, -0.2) is 41.9 Å². The zero-order valence-electron chi connectivity index (χ0n) is 20.0. The molecule has 1 fully saturated rings. The molecule has 4 nitrogen and oxygen atoms in total. The quantitative estimate of drug-likeness (QED) is 0.318. The molecule has 1 heterocycles. The van der Waals surface area contributed by atoms with Gasteiger partial charge in [0.2, 0.25) is 0 Å². The normalized spacial score (nSPS) is 16.1. The van der Waals surface area contributed by atoms with E-state index in [1.165, 1.54) is 24.9 Å². The molecule has 1 aliphatic heterocycles. The molecule has 35 heavy (non-hydrogen) atoms. The number of ether oxygens (including phenoxy) is 1. The first kappa shape index (κ1) is 24.9. The molecule has 0 saturated carbocycles. The van der Waals surface area contributed by atoms with E-state index in [2.05, 4.69) is 48.3 Å². The number of likely N-dealkylation sites (tertiary alicyclic amines) is 1. The summed E-state index contributed by atoms with van der Waals surface area (Å²) in [7, 11) is 2.18. The average Bonchev–Trinajstić information content (AvgIpc) is 2.85. The van der Waals surface area contributed by atoms with Gasteiger partial charge in [0.25, 0.3) is 0 Å². The highest BCUT2D eigenvalue weighted by Gasteiger charge is 2.18. The lowest BCUT2D eigenvalue weighted by Gasteiger charge is -2.29. The highest BCUT2D eigenvalue weighted by atomic mass is 35.5. The van der Waals surface area contributed by atoms with E-state index >= 15 is 0 Å². The second-order valence-corrected chi connectivity index (χ2v) is 9.41. The number of rotatable bonds is 6. The lowest BCUT2D eigenvalue weighted by molar-refractivity contribution is 0.150. The molecule has 1 unspecified atom stereocenters. The number of fused-ring (bicyclic) bond motifs is 1. The predicted molar refractivity (Wildman–Crippen MR) is 145 cm³/mol. The first-order valence-electron chi connectivity index (χ1n) is 12.0. The maximum absolute atomic E-state index is 10.4. The van der Waals surface area contributed by atoms with E-state index in [1.807, 2.05) is 24.3 Å². The molecule has 1 atom stereocenters. The van der Waals surface area contributed by atoms with Crippen LogP contribution in [0.1, 0.15) is 24.0 Å². The monoisotopic (exact) mass is 489 g/mol. The van der Waals surface area contributed by atoms with Crippen molar-refractivity contribution in [1.82, 2.24) is 4.90 Å². The van der Waals surface area contributed by atoms with Crippen molar-refractivity contribution < 1.29 is 14.9 Å². The summed E-state index contributed by atoms with van der Waals surface area (Å²) in [5.74, 6) is 2.04. The maximum Gasteiger partial charge on any atom is 0.123 e. The van der Waals surface area contributed by atoms with Crippen molar-refractivity contribution in [3.05, 3.63) is 90.0 Å². The molecular formula is C30H32ClNO3. The van der Waals surface area contributed by atoms with E-state index in [9.17, 15) is 10.2 Å². The molecule has 0 bridgehead atoms. The van der Waals surface area contributed by atoms with E-state index in [0.29, 0.717) is 5.92 Å². The molecule has 182 valence electrons. The standard InChI is InChI=1S/C30H31NO3.ClH/c1-31-17-3-4-22(19-31)20-34-25-13-7-21(8-14-25)18-29-26(23-9-11-24(32)12-10-23)15-16-28-27(29)5-2-6-30(28)33;/h2,5-16,22,32-33H,3-4,17-20H2,1H3;1H. The zero-order chi connectivity index (χ0) is 23.5. The van der Waals surface area contributed by atoms with E-state index in [1.54, 1.807) is 18.2 Å². The number of phenols is 2. The third kappa shape index (κ3) is 5.72. The summed E-state index contributed by atoms with van der Waals surface area (Å²) >= 11 is 0. The molecule has 4 aromatic carbocycles. The highest BCUT2D eigenvalue weighted by molar-refractivity contribution is 5.95. The first-order chi connectivity index (χ1) is 16.6. The molecular weight excluding hydrogens is 458 g/mol. The van der Waals surface area contributed by atoms with Gasteiger partial charge in [0, 0.05) is 17.8 Å². The van der Waals surface area contributed by atoms with Gasteiger partial charge in [-0.15, -0.1) is 12.4 Å². The Bertz CT molecular complexity index is 1270. The van der Waals surface area contributed by atoms with Gasteiger partial charge in [-0.25, -0.2) is 0 Å². The minimum atomic E-state index is 0. The summed E-state index contributed by atoms with van der Waals surface area (Å²) in [6.07, 6.45) is 3.20. The summed E-state index contributed by atoms with van der Waals surface area (Å²) in [6.45, 7) is 3.05. The minimum Gasteiger partial charge on any atom is -0.508 e. The molecule has 0 spiro atoms. The van der Waals surface area contributed by atoms with E-state index in [4.69, 9.17) is 4.74 Å². The van der Waals surface area contributed by atoms with Gasteiger partial charge in [-0.3, -0.25) is 0 Å². The minimum absolute atomic E-state index is 0. The zero-order valence-corrected chi connectivity index (χ0v) is 20.8. The third-order valence-corrected chi connectivity index (χ3v) is 6.84. The summed E-state index contributed by atoms with van der Waals surface area (Å²) < 4.78 is 6.11. The number of halogens is 1. The molecule has 1 saturated heterocycles. The van der Waals surface area contributed by atoms with E-state index in [0.717, 1.165) is 52.8 Å². The molecule has 0 aromatic heterocycles. The Balaban J connectivity index is 0.00000289. The largest absolute Gasteiger partial charge is 0.508 e. The Morgan fingerprint density at radius 1 is 0.886 bits per heavy atom. The molecule has 0 aliphatic carbocycles. The third-order valence-electron chi connectivity index (χ3n) is 6.84. The van der Waals surface area contributed by atoms with Crippen LogP contribution in [0.25, 0.3) is 21.9 Å². The number of nitrogens with zero attached hydrogens (tertiary/aromatic N) is 1. The van der Waals surface area contributed by atoms with Crippen molar-refractivity contribution in [3.63, 3.8) is 0 Å². The molecule has 0 amide bonds. The van der Waals surface area contributed by atoms with Crippen LogP contribution in [0.15, 0.2) is 78.9 Å². The first-order valence-corrected chi connectivity index (χ1v) is 12.0. The Labute approximate surface area is 213 Å². The Hall–Kier alpha value is -3.21. The molecule has 0 radical (unpaired) electrons. The van der Waals surface area contributed by atoms with Crippen LogP contribution < -0.4 is 4.74 Å². The van der Waals surface area contributed by atoms with Gasteiger partial charge >= 0.3 is 0 Å². The molecule has 4 aromatic rings. The van der Waals surface area contributed by atoms with Gasteiger partial charge in [-0.2, -0.15) is 0 Å². The topological polar surface area (TPSA) is 52.9 Å². The highest BCUT2D eigenvalue weighted by Crippen LogP contribution is 2.36. The summed E-state index contributed by atoms with van der Waals surface area (Å²) in [5.41, 5.74) is 4.47. The van der Waals surface area contributed by atoms with Gasteiger partial charge in [-0.1, -0.05) is 48.5 Å². The lowest BCUT2D eigenvalue weighted by atomic mass is 9.90. The van der Waals surface area contributed by atoms with Crippen molar-refractivity contribution in [1.29, 1.82) is 0 Å². The number of phenolic OH excluding ortho intramolecular Hbond substituents is 2. The lowest BCUT2D eigenvalue weighted by Crippen LogP contribution is -2.34. The van der Waals surface area contributed by atoms with Crippen molar-refractivity contribution in [2.45, 2.75) is 19.3 Å². The van der Waals surface area contributed by atoms with Crippen LogP contribution in [0.2, 0.25) is 0 Å². The Kier molecular flexibility index (Phi) is 7.84. The second kappa shape index (κ2) is 11.0. The fraction of sp³-hybridized carbons (Fsp3) is 0.267. The van der Waals surface area contributed by atoms with Gasteiger partial charge in [0.15, 0.2) is 0 Å². The van der Waals surface area contributed by atoms with E-state index in [-0.39, 0.29) is 23.9 Å². The number of piperidine rings is 1. The number of benzene rings is 4. The SMILES string of the molecule is CN1CCCC(COc2ccc(Cc3c(-c4ccc(O)cc4)ccc4c(O)cccc34)cc2)C1.Cl. The Morgan fingerprint density at radius 3 is 2.40 bits per heavy atom. The van der Waals surface area contributed by atoms with Crippen molar-refractivity contribution in [2.24, 2.45) is 5.92 Å². The number of hydrogen-bond acceptors (Lipinski definition) is 4. The number of aromatic hydroxyl groups is 2. The summed E-state index contributed by atoms with van der Waals surface area (Å²) in [4.78, 5) is 2.38. The molecule has 5 heteroatoms. The van der Waals surface area contributed by atoms with Crippen molar-refractivity contribution in [2.75, 3.05) is 26.7 Å². The van der Waals surface area contributed by atoms with Crippen LogP contribution >= 0.6 is 12.4 Å². The van der Waals surface area contributed by atoms with Crippen LogP contribution in [0.4, 0.5) is 0 Å². The summed E-state index contributed by atoms with van der Waals surface area (Å²) in [5, 5.41) is 22.0. The molecule has 2 N–H and O–H groups in total. The van der Waals surface area contributed by atoms with Crippen LogP contribution in [0.5, 0.6) is 17.2 Å². The van der Waals surface area contributed by atoms with Gasteiger partial charge < -0.3 is 19.8 Å². The van der Waals surface area contributed by atoms with Crippen LogP contribution in [-0.2, 0) is 6.42 Å². The van der Waals surface area contributed by atoms with Crippen molar-refractivity contribution in [3.8, 4) is 28.4 Å². The maximum atomic E-state index is 10.4. The van der Waals surface area contributed by atoms with Gasteiger partial charge in [0.1, 0.15) is 17.2 Å². The fourth-order valence-corrected chi connectivity index (χ4v) is 5.04.